The van der Waals surface area contributed by atoms with E-state index in [1.807, 2.05) is 0 Å². The summed E-state index contributed by atoms with van der Waals surface area (Å²) in [4.78, 5) is 11.7. The van der Waals surface area contributed by atoms with E-state index in [0.717, 1.165) is 32.3 Å². The van der Waals surface area contributed by atoms with Crippen molar-refractivity contribution >= 4 is 5.97 Å². The summed E-state index contributed by atoms with van der Waals surface area (Å²) in [5.41, 5.74) is 0. The second kappa shape index (κ2) is 39.1. The van der Waals surface area contributed by atoms with E-state index in [0.29, 0.717) is 125 Å². The minimum atomic E-state index is -0.137. The summed E-state index contributed by atoms with van der Waals surface area (Å²) < 4.78 is 54.3. The summed E-state index contributed by atoms with van der Waals surface area (Å²) in [6.45, 7) is 14.3. The molecule has 11 heteroatoms. The molecule has 0 aromatic carbocycles. The average Bonchev–Trinajstić information content (AvgIpc) is 3.01. The molecule has 0 bridgehead atoms. The number of carbonyl (C=O) groups is 1. The van der Waals surface area contributed by atoms with Gasteiger partial charge in [0.15, 0.2) is 0 Å². The summed E-state index contributed by atoms with van der Waals surface area (Å²) >= 11 is 0. The van der Waals surface area contributed by atoms with Gasteiger partial charge >= 0.3 is 5.97 Å². The van der Waals surface area contributed by atoms with Crippen molar-refractivity contribution in [3.05, 3.63) is 0 Å². The average molecular weight is 625 g/mol. The molecule has 0 saturated heterocycles. The Labute approximate surface area is 261 Å². The van der Waals surface area contributed by atoms with Crippen LogP contribution in [0.25, 0.3) is 0 Å². The Bertz CT molecular complexity index is 526. The van der Waals surface area contributed by atoms with Crippen molar-refractivity contribution in [2.45, 2.75) is 78.1 Å². The smallest absolute Gasteiger partial charge is 0.305 e. The summed E-state index contributed by atoms with van der Waals surface area (Å²) in [6.07, 6.45) is 11.1. The second-order valence-electron chi connectivity index (χ2n) is 9.96. The monoisotopic (exact) mass is 624 g/mol. The van der Waals surface area contributed by atoms with Crippen molar-refractivity contribution in [2.75, 3.05) is 126 Å². The highest BCUT2D eigenvalue weighted by molar-refractivity contribution is 5.69. The van der Waals surface area contributed by atoms with Crippen LogP contribution >= 0.6 is 0 Å². The number of unbranched alkanes of at least 4 members (excludes halogenated alkanes) is 7. The molecule has 0 spiro atoms. The highest BCUT2D eigenvalue weighted by atomic mass is 16.6. The predicted molar refractivity (Wildman–Crippen MR) is 166 cm³/mol. The van der Waals surface area contributed by atoms with Crippen molar-refractivity contribution in [1.82, 2.24) is 0 Å². The highest BCUT2D eigenvalue weighted by Gasteiger charge is 2.02. The van der Waals surface area contributed by atoms with E-state index in [1.54, 1.807) is 0 Å². The van der Waals surface area contributed by atoms with Gasteiger partial charge in [0.05, 0.1) is 112 Å². The SMILES string of the molecule is CCCCCCCCCC(=O)OCCOCCOCCOCCOCCOCCOCCOCCOCCOCCCC. The number of ether oxygens (including phenoxy) is 10. The quantitative estimate of drug-likeness (QED) is 0.0709. The van der Waals surface area contributed by atoms with Gasteiger partial charge in [-0.05, 0) is 12.8 Å². The minimum absolute atomic E-state index is 0.137. The Morgan fingerprint density at radius 1 is 0.326 bits per heavy atom. The van der Waals surface area contributed by atoms with E-state index in [1.165, 1.54) is 32.1 Å². The Morgan fingerprint density at radius 2 is 0.605 bits per heavy atom. The molecule has 0 fully saturated rings. The van der Waals surface area contributed by atoms with Crippen LogP contribution in [0.4, 0.5) is 0 Å². The lowest BCUT2D eigenvalue weighted by atomic mass is 10.1. The summed E-state index contributed by atoms with van der Waals surface area (Å²) in [7, 11) is 0. The van der Waals surface area contributed by atoms with E-state index in [9.17, 15) is 4.79 Å². The predicted octanol–water partition coefficient (Wildman–Crippen LogP) is 4.62. The third kappa shape index (κ3) is 39.1. The van der Waals surface area contributed by atoms with Crippen LogP contribution in [0.2, 0.25) is 0 Å². The maximum absolute atomic E-state index is 11.7. The van der Waals surface area contributed by atoms with Gasteiger partial charge in [-0.3, -0.25) is 4.79 Å². The van der Waals surface area contributed by atoms with Gasteiger partial charge in [0.25, 0.3) is 0 Å². The van der Waals surface area contributed by atoms with Crippen LogP contribution in [0.3, 0.4) is 0 Å². The van der Waals surface area contributed by atoms with E-state index < -0.39 is 0 Å². The maximum atomic E-state index is 11.7. The van der Waals surface area contributed by atoms with Crippen molar-refractivity contribution < 1.29 is 52.2 Å². The lowest BCUT2D eigenvalue weighted by Gasteiger charge is -2.09. The lowest BCUT2D eigenvalue weighted by molar-refractivity contribution is -0.145. The molecule has 0 N–H and O–H groups in total. The first kappa shape index (κ1) is 42.1. The molecule has 0 aliphatic carbocycles. The van der Waals surface area contributed by atoms with Crippen LogP contribution in [0.5, 0.6) is 0 Å². The first-order chi connectivity index (χ1) is 21.3. The van der Waals surface area contributed by atoms with Gasteiger partial charge in [-0.1, -0.05) is 58.8 Å². The van der Waals surface area contributed by atoms with Crippen LogP contribution in [-0.4, -0.2) is 132 Å². The van der Waals surface area contributed by atoms with Gasteiger partial charge in [-0.2, -0.15) is 0 Å². The van der Waals surface area contributed by atoms with E-state index in [4.69, 9.17) is 47.4 Å². The first-order valence-corrected chi connectivity index (χ1v) is 16.7. The summed E-state index contributed by atoms with van der Waals surface area (Å²) in [5.74, 6) is -0.137. The van der Waals surface area contributed by atoms with Crippen molar-refractivity contribution in [1.29, 1.82) is 0 Å². The number of rotatable bonds is 38. The van der Waals surface area contributed by atoms with Crippen LogP contribution in [-0.2, 0) is 52.2 Å². The zero-order valence-electron chi connectivity index (χ0n) is 27.5. The molecule has 0 atom stereocenters. The molecule has 43 heavy (non-hydrogen) atoms. The zero-order chi connectivity index (χ0) is 31.2. The molecule has 258 valence electrons. The van der Waals surface area contributed by atoms with Gasteiger partial charge in [0.1, 0.15) is 6.61 Å². The van der Waals surface area contributed by atoms with Crippen molar-refractivity contribution in [2.24, 2.45) is 0 Å². The van der Waals surface area contributed by atoms with Crippen LogP contribution in [0.1, 0.15) is 78.1 Å². The topological polar surface area (TPSA) is 109 Å². The molecule has 0 radical (unpaired) electrons. The molecule has 0 heterocycles. The Balaban J connectivity index is 3.09. The fraction of sp³-hybridized carbons (Fsp3) is 0.969. The molecule has 0 unspecified atom stereocenters. The summed E-state index contributed by atoms with van der Waals surface area (Å²) in [5, 5.41) is 0. The van der Waals surface area contributed by atoms with E-state index in [2.05, 4.69) is 13.8 Å². The van der Waals surface area contributed by atoms with Gasteiger partial charge < -0.3 is 47.4 Å². The molecule has 0 aliphatic rings. The standard InChI is InChI=1S/C32H64O11/c1-3-5-7-8-9-10-11-12-32(33)43-31-30-42-29-28-41-27-26-40-25-24-39-23-22-38-21-20-37-19-18-36-17-16-35-15-14-34-13-6-4-2/h3-31H2,1-2H3. The largest absolute Gasteiger partial charge is 0.463 e. The number of hydrogen-bond donors (Lipinski definition) is 0. The number of hydrogen-bond acceptors (Lipinski definition) is 11. The fourth-order valence-corrected chi connectivity index (χ4v) is 3.62. The number of esters is 1. The van der Waals surface area contributed by atoms with E-state index in [-0.39, 0.29) is 5.97 Å². The molecular weight excluding hydrogens is 560 g/mol. The molecule has 0 aromatic rings. The Hall–Kier alpha value is -0.890. The minimum Gasteiger partial charge on any atom is -0.463 e. The third-order valence-electron chi connectivity index (χ3n) is 6.09. The van der Waals surface area contributed by atoms with Gasteiger partial charge in [0, 0.05) is 13.0 Å². The Kier molecular flexibility index (Phi) is 38.3. The second-order valence-corrected chi connectivity index (χ2v) is 9.96. The summed E-state index contributed by atoms with van der Waals surface area (Å²) in [6, 6.07) is 0. The highest BCUT2D eigenvalue weighted by Crippen LogP contribution is 2.08. The lowest BCUT2D eigenvalue weighted by Crippen LogP contribution is -2.15. The van der Waals surface area contributed by atoms with Gasteiger partial charge in [0.2, 0.25) is 0 Å². The molecule has 0 aromatic heterocycles. The fourth-order valence-electron chi connectivity index (χ4n) is 3.62. The molecule has 11 nitrogen and oxygen atoms in total. The normalized spacial score (nSPS) is 11.4. The third-order valence-corrected chi connectivity index (χ3v) is 6.09. The molecule has 0 rings (SSSR count). The number of carbonyl (C=O) groups excluding carboxylic acids is 1. The Morgan fingerprint density at radius 3 is 0.953 bits per heavy atom. The van der Waals surface area contributed by atoms with Crippen molar-refractivity contribution in [3.63, 3.8) is 0 Å². The molecule has 0 amide bonds. The maximum Gasteiger partial charge on any atom is 0.305 e. The van der Waals surface area contributed by atoms with Crippen molar-refractivity contribution in [3.8, 4) is 0 Å². The van der Waals surface area contributed by atoms with Crippen LogP contribution < -0.4 is 0 Å². The zero-order valence-corrected chi connectivity index (χ0v) is 27.5. The van der Waals surface area contributed by atoms with Crippen LogP contribution in [0, 0.1) is 0 Å². The first-order valence-electron chi connectivity index (χ1n) is 16.7. The van der Waals surface area contributed by atoms with Gasteiger partial charge in [-0.25, -0.2) is 0 Å². The van der Waals surface area contributed by atoms with Gasteiger partial charge in [-0.15, -0.1) is 0 Å². The van der Waals surface area contributed by atoms with E-state index >= 15 is 0 Å². The molecular formula is C32H64O11. The molecule has 0 aliphatic heterocycles. The molecule has 0 saturated carbocycles. The van der Waals surface area contributed by atoms with Crippen LogP contribution in [0.15, 0.2) is 0 Å².